The molecule has 0 N–H and O–H groups in total. The van der Waals surface area contributed by atoms with Crippen molar-refractivity contribution in [1.29, 1.82) is 0 Å². The number of rotatable bonds is 8. The maximum atomic E-state index is 13.0. The summed E-state index contributed by atoms with van der Waals surface area (Å²) in [5, 5.41) is -0.286. The van der Waals surface area contributed by atoms with Gasteiger partial charge in [-0.05, 0) is 58.6 Å². The van der Waals surface area contributed by atoms with Gasteiger partial charge >= 0.3 is 0 Å². The van der Waals surface area contributed by atoms with Crippen molar-refractivity contribution in [3.05, 3.63) is 98.9 Å². The Morgan fingerprint density at radius 2 is 1.56 bits per heavy atom. The van der Waals surface area contributed by atoms with Crippen LogP contribution in [0.3, 0.4) is 0 Å². The second-order valence-electron chi connectivity index (χ2n) is 9.37. The fraction of sp³-hybridized carbons (Fsp3) is 0.241. The monoisotopic (exact) mass is 565 g/mol. The van der Waals surface area contributed by atoms with E-state index in [0.29, 0.717) is 23.9 Å². The largest absolute Gasteiger partial charge is 0.490 e. The van der Waals surface area contributed by atoms with E-state index in [1.54, 1.807) is 6.08 Å². The molecular formula is C29H28BrNO4S. The predicted octanol–water partition coefficient (Wildman–Crippen LogP) is 7.44. The molecule has 0 aliphatic carbocycles. The lowest BCUT2D eigenvalue weighted by molar-refractivity contribution is -0.123. The quantitative estimate of drug-likeness (QED) is 0.210. The Morgan fingerprint density at radius 1 is 0.889 bits per heavy atom. The van der Waals surface area contributed by atoms with Crippen molar-refractivity contribution in [1.82, 2.24) is 4.90 Å². The van der Waals surface area contributed by atoms with Crippen LogP contribution in [-0.4, -0.2) is 29.3 Å². The summed E-state index contributed by atoms with van der Waals surface area (Å²) in [5.74, 6) is 1.11. The number of carbonyl (C=O) groups is 2. The van der Waals surface area contributed by atoms with Crippen LogP contribution >= 0.6 is 27.7 Å². The van der Waals surface area contributed by atoms with E-state index in [1.807, 2.05) is 60.7 Å². The normalized spacial score (nSPS) is 15.0. The molecule has 1 aliphatic rings. The molecule has 186 valence electrons. The Labute approximate surface area is 224 Å². The summed E-state index contributed by atoms with van der Waals surface area (Å²) in [5.41, 5.74) is 2.95. The number of ether oxygens (including phenoxy) is 2. The van der Waals surface area contributed by atoms with Crippen LogP contribution in [0, 0.1) is 0 Å². The molecule has 36 heavy (non-hydrogen) atoms. The number of hydrogen-bond donors (Lipinski definition) is 0. The molecule has 0 unspecified atom stereocenters. The third kappa shape index (κ3) is 6.39. The van der Waals surface area contributed by atoms with Crippen molar-refractivity contribution in [2.24, 2.45) is 0 Å². The smallest absolute Gasteiger partial charge is 0.293 e. The second-order valence-corrected chi connectivity index (χ2v) is 11.2. The summed E-state index contributed by atoms with van der Waals surface area (Å²) in [6.45, 7) is 7.47. The van der Waals surface area contributed by atoms with Crippen LogP contribution in [0.5, 0.6) is 11.5 Å². The molecule has 3 aromatic rings. The number of nitrogens with zero attached hydrogens (tertiary/aromatic N) is 1. The van der Waals surface area contributed by atoms with Gasteiger partial charge in [0.05, 0.1) is 11.4 Å². The number of amides is 2. The van der Waals surface area contributed by atoms with E-state index in [9.17, 15) is 9.59 Å². The van der Waals surface area contributed by atoms with E-state index in [0.717, 1.165) is 33.1 Å². The minimum atomic E-state index is -0.308. The van der Waals surface area contributed by atoms with Gasteiger partial charge in [-0.3, -0.25) is 14.5 Å². The highest BCUT2D eigenvalue weighted by molar-refractivity contribution is 9.10. The lowest BCUT2D eigenvalue weighted by Gasteiger charge is -2.19. The molecular weight excluding hydrogens is 538 g/mol. The number of thioether (sulfide) groups is 1. The Hall–Kier alpha value is -3.03. The van der Waals surface area contributed by atoms with Gasteiger partial charge in [-0.1, -0.05) is 85.2 Å². The molecule has 0 aromatic heterocycles. The van der Waals surface area contributed by atoms with Gasteiger partial charge in [-0.25, -0.2) is 0 Å². The van der Waals surface area contributed by atoms with Crippen molar-refractivity contribution in [2.45, 2.75) is 32.7 Å². The van der Waals surface area contributed by atoms with Gasteiger partial charge in [0.15, 0.2) is 0 Å². The summed E-state index contributed by atoms with van der Waals surface area (Å²) in [6.07, 6.45) is 1.71. The van der Waals surface area contributed by atoms with Crippen LogP contribution in [0.1, 0.15) is 37.5 Å². The maximum Gasteiger partial charge on any atom is 0.293 e. The van der Waals surface area contributed by atoms with Gasteiger partial charge in [0.2, 0.25) is 0 Å². The van der Waals surface area contributed by atoms with Gasteiger partial charge in [0, 0.05) is 10.0 Å². The molecule has 0 radical (unpaired) electrons. The molecule has 2 amide bonds. The molecule has 1 aliphatic heterocycles. The SMILES string of the molecule is CC(C)(C)c1ccc(OCCOc2ccccc2/C=C2\SC(=O)N(Cc3ccccc3Br)C2=O)cc1. The first-order valence-corrected chi connectivity index (χ1v) is 13.3. The lowest BCUT2D eigenvalue weighted by atomic mass is 9.87. The molecule has 1 saturated heterocycles. The van der Waals surface area contributed by atoms with Crippen molar-refractivity contribution in [3.63, 3.8) is 0 Å². The van der Waals surface area contributed by atoms with Crippen LogP contribution in [-0.2, 0) is 16.8 Å². The number of benzene rings is 3. The third-order valence-corrected chi connectivity index (χ3v) is 7.38. The number of carbonyl (C=O) groups excluding carboxylic acids is 2. The van der Waals surface area contributed by atoms with E-state index in [1.165, 1.54) is 10.5 Å². The first kappa shape index (κ1) is 26.0. The number of hydrogen-bond acceptors (Lipinski definition) is 5. The molecule has 1 fully saturated rings. The molecule has 7 heteroatoms. The minimum absolute atomic E-state index is 0.0961. The van der Waals surface area contributed by atoms with Gasteiger partial charge in [0.1, 0.15) is 24.7 Å². The molecule has 0 bridgehead atoms. The van der Waals surface area contributed by atoms with Gasteiger partial charge in [-0.15, -0.1) is 0 Å². The van der Waals surface area contributed by atoms with Crippen molar-refractivity contribution in [2.75, 3.05) is 13.2 Å². The average Bonchev–Trinajstić information content (AvgIpc) is 3.11. The molecule has 0 saturated carbocycles. The molecule has 1 heterocycles. The molecule has 3 aromatic carbocycles. The molecule has 5 nitrogen and oxygen atoms in total. The molecule has 0 atom stereocenters. The summed E-state index contributed by atoms with van der Waals surface area (Å²) in [6, 6.07) is 23.1. The fourth-order valence-electron chi connectivity index (χ4n) is 3.67. The molecule has 4 rings (SSSR count). The van der Waals surface area contributed by atoms with Crippen LogP contribution in [0.15, 0.2) is 82.2 Å². The van der Waals surface area contributed by atoms with Crippen LogP contribution in [0.2, 0.25) is 0 Å². The molecule has 0 spiro atoms. The van der Waals surface area contributed by atoms with Crippen LogP contribution in [0.4, 0.5) is 4.79 Å². The topological polar surface area (TPSA) is 55.8 Å². The van der Waals surface area contributed by atoms with E-state index < -0.39 is 0 Å². The lowest BCUT2D eigenvalue weighted by Crippen LogP contribution is -2.27. The van der Waals surface area contributed by atoms with Crippen molar-refractivity contribution >= 4 is 44.9 Å². The van der Waals surface area contributed by atoms with Gasteiger partial charge in [0.25, 0.3) is 11.1 Å². The highest BCUT2D eigenvalue weighted by Gasteiger charge is 2.35. The van der Waals surface area contributed by atoms with Gasteiger partial charge in [-0.2, -0.15) is 0 Å². The van der Waals surface area contributed by atoms with Crippen LogP contribution < -0.4 is 9.47 Å². The Morgan fingerprint density at radius 3 is 2.28 bits per heavy atom. The minimum Gasteiger partial charge on any atom is -0.490 e. The van der Waals surface area contributed by atoms with E-state index in [-0.39, 0.29) is 23.1 Å². The first-order valence-electron chi connectivity index (χ1n) is 11.7. The Bertz CT molecular complexity index is 1280. The third-order valence-electron chi connectivity index (χ3n) is 5.70. The van der Waals surface area contributed by atoms with E-state index in [2.05, 4.69) is 48.8 Å². The number of imide groups is 1. The average molecular weight is 567 g/mol. The zero-order chi connectivity index (χ0) is 25.7. The maximum absolute atomic E-state index is 13.0. The van der Waals surface area contributed by atoms with Crippen molar-refractivity contribution in [3.8, 4) is 11.5 Å². The van der Waals surface area contributed by atoms with E-state index in [4.69, 9.17) is 9.47 Å². The van der Waals surface area contributed by atoms with Gasteiger partial charge < -0.3 is 9.47 Å². The Balaban J connectivity index is 1.38. The number of para-hydroxylation sites is 1. The number of halogens is 1. The highest BCUT2D eigenvalue weighted by Crippen LogP contribution is 2.35. The zero-order valence-corrected chi connectivity index (χ0v) is 22.9. The second kappa shape index (κ2) is 11.4. The predicted molar refractivity (Wildman–Crippen MR) is 148 cm³/mol. The van der Waals surface area contributed by atoms with E-state index >= 15 is 0 Å². The summed E-state index contributed by atoms with van der Waals surface area (Å²) in [4.78, 5) is 27.2. The summed E-state index contributed by atoms with van der Waals surface area (Å²) in [7, 11) is 0. The zero-order valence-electron chi connectivity index (χ0n) is 20.5. The standard InChI is InChI=1S/C29H28BrNO4S/c1-29(2,3)22-12-14-23(15-13-22)34-16-17-35-25-11-7-5-8-20(25)18-26-27(32)31(28(33)36-26)19-21-9-4-6-10-24(21)30/h4-15,18H,16-17,19H2,1-3H3/b26-18-. The first-order chi connectivity index (χ1) is 17.2. The Kier molecular flexibility index (Phi) is 8.21. The van der Waals surface area contributed by atoms with Crippen LogP contribution in [0.25, 0.3) is 6.08 Å². The van der Waals surface area contributed by atoms with Crippen molar-refractivity contribution < 1.29 is 19.1 Å². The highest BCUT2D eigenvalue weighted by atomic mass is 79.9. The summed E-state index contributed by atoms with van der Waals surface area (Å²) < 4.78 is 12.6. The fourth-order valence-corrected chi connectivity index (χ4v) is 4.91. The summed E-state index contributed by atoms with van der Waals surface area (Å²) >= 11 is 4.42.